The molecule has 0 aromatic heterocycles. The lowest BCUT2D eigenvalue weighted by Gasteiger charge is -2.06. The van der Waals surface area contributed by atoms with Crippen LogP contribution in [0.1, 0.15) is 0 Å². The van der Waals surface area contributed by atoms with Gasteiger partial charge in [-0.05, 0) is 12.1 Å². The summed E-state index contributed by atoms with van der Waals surface area (Å²) < 4.78 is 39.4. The van der Waals surface area contributed by atoms with E-state index >= 15 is 0 Å². The molecule has 0 bridgehead atoms. The Bertz CT molecular complexity index is 418. The molecule has 0 spiro atoms. The minimum absolute atomic E-state index is 0.514. The summed E-state index contributed by atoms with van der Waals surface area (Å²) >= 11 is 5.83. The van der Waals surface area contributed by atoms with Crippen LogP contribution < -0.4 is 16.0 Å². The third kappa shape index (κ3) is 11.4. The lowest BCUT2D eigenvalue weighted by Crippen LogP contribution is -2.27. The second-order valence-electron chi connectivity index (χ2n) is 2.64. The average Bonchev–Trinajstić information content (AvgIpc) is 2.19. The van der Waals surface area contributed by atoms with Gasteiger partial charge in [-0.1, -0.05) is 23.7 Å². The van der Waals surface area contributed by atoms with Gasteiger partial charge in [-0.3, -0.25) is 19.7 Å². The number of hydrogen-bond donors (Lipinski definition) is 2. The summed E-state index contributed by atoms with van der Waals surface area (Å²) in [6.07, 6.45) is 0. The van der Waals surface area contributed by atoms with Crippen LogP contribution in [0.2, 0.25) is 5.02 Å². The van der Waals surface area contributed by atoms with Crippen LogP contribution in [0.4, 0.5) is 0 Å². The van der Waals surface area contributed by atoms with Gasteiger partial charge in [0.15, 0.2) is 0 Å². The molecular weight excluding hydrogens is 272 g/mol. The number of hydrogen-bond acceptors (Lipinski definition) is 7. The number of nitrogens with one attached hydrogen (secondary N) is 1. The molecule has 0 amide bonds. The van der Waals surface area contributed by atoms with E-state index in [1.165, 1.54) is 0 Å². The SMILES string of the molecule is NNCCOc1ccccc1Cl.O=S(=O)([O-])[O-]. The van der Waals surface area contributed by atoms with Crippen LogP contribution in [0.5, 0.6) is 5.75 Å². The molecule has 0 fully saturated rings. The lowest BCUT2D eigenvalue weighted by atomic mass is 10.3. The third-order valence-electron chi connectivity index (χ3n) is 1.34. The molecule has 9 heteroatoms. The highest BCUT2D eigenvalue weighted by molar-refractivity contribution is 7.79. The quantitative estimate of drug-likeness (QED) is 0.258. The van der Waals surface area contributed by atoms with E-state index < -0.39 is 10.4 Å². The Morgan fingerprint density at radius 3 is 2.35 bits per heavy atom. The molecule has 0 aliphatic rings. The van der Waals surface area contributed by atoms with E-state index in [4.69, 9.17) is 39.7 Å². The zero-order valence-corrected chi connectivity index (χ0v) is 10.2. The second-order valence-corrected chi connectivity index (χ2v) is 3.86. The van der Waals surface area contributed by atoms with Crippen LogP contribution in [-0.2, 0) is 10.4 Å². The second kappa shape index (κ2) is 8.23. The van der Waals surface area contributed by atoms with Gasteiger partial charge in [0.25, 0.3) is 0 Å². The first-order valence-corrected chi connectivity index (χ1v) is 6.03. The molecule has 17 heavy (non-hydrogen) atoms. The number of benzene rings is 1. The largest absolute Gasteiger partial charge is 0.759 e. The van der Waals surface area contributed by atoms with Gasteiger partial charge in [-0.2, -0.15) is 0 Å². The average molecular weight is 283 g/mol. The fraction of sp³-hybridized carbons (Fsp3) is 0.250. The van der Waals surface area contributed by atoms with Gasteiger partial charge in [0.1, 0.15) is 12.4 Å². The zero-order valence-electron chi connectivity index (χ0n) is 8.63. The van der Waals surface area contributed by atoms with Crippen LogP contribution in [0, 0.1) is 0 Å². The van der Waals surface area contributed by atoms with Crippen molar-refractivity contribution in [3.8, 4) is 5.75 Å². The molecule has 0 unspecified atom stereocenters. The first kappa shape index (κ1) is 16.1. The van der Waals surface area contributed by atoms with Gasteiger partial charge < -0.3 is 13.8 Å². The van der Waals surface area contributed by atoms with E-state index in [9.17, 15) is 0 Å². The maximum absolute atomic E-state index is 8.52. The molecule has 7 nitrogen and oxygen atoms in total. The van der Waals surface area contributed by atoms with Crippen molar-refractivity contribution in [3.63, 3.8) is 0 Å². The Morgan fingerprint density at radius 2 is 1.88 bits per heavy atom. The van der Waals surface area contributed by atoms with E-state index in [1.807, 2.05) is 18.2 Å². The predicted molar refractivity (Wildman–Crippen MR) is 59.6 cm³/mol. The van der Waals surface area contributed by atoms with Crippen molar-refractivity contribution in [2.45, 2.75) is 0 Å². The Kier molecular flexibility index (Phi) is 7.79. The summed E-state index contributed by atoms with van der Waals surface area (Å²) in [5.41, 5.74) is 2.49. The summed E-state index contributed by atoms with van der Waals surface area (Å²) in [5, 5.41) is 0.620. The van der Waals surface area contributed by atoms with Gasteiger partial charge in [0.05, 0.1) is 5.02 Å². The van der Waals surface area contributed by atoms with E-state index in [2.05, 4.69) is 5.43 Å². The van der Waals surface area contributed by atoms with Crippen LogP contribution in [0.3, 0.4) is 0 Å². The minimum Gasteiger partial charge on any atom is -0.759 e. The number of hydrazine groups is 1. The highest BCUT2D eigenvalue weighted by Gasteiger charge is 1.97. The first-order chi connectivity index (χ1) is 7.84. The summed E-state index contributed by atoms with van der Waals surface area (Å²) in [6, 6.07) is 7.33. The smallest absolute Gasteiger partial charge is 0.137 e. The molecule has 1 aromatic rings. The summed E-state index contributed by atoms with van der Waals surface area (Å²) in [6.45, 7) is 1.12. The van der Waals surface area contributed by atoms with Crippen LogP contribution in [-0.4, -0.2) is 30.7 Å². The molecule has 0 aliphatic carbocycles. The predicted octanol–water partition coefficient (Wildman–Crippen LogP) is -0.156. The molecule has 0 aliphatic heterocycles. The van der Waals surface area contributed by atoms with E-state index in [1.54, 1.807) is 6.07 Å². The third-order valence-corrected chi connectivity index (χ3v) is 1.65. The van der Waals surface area contributed by atoms with Crippen molar-refractivity contribution in [2.24, 2.45) is 5.84 Å². The van der Waals surface area contributed by atoms with E-state index in [0.29, 0.717) is 23.9 Å². The fourth-order valence-corrected chi connectivity index (χ4v) is 0.972. The van der Waals surface area contributed by atoms with Crippen LogP contribution in [0.15, 0.2) is 24.3 Å². The molecule has 3 N–H and O–H groups in total. The zero-order chi connectivity index (χ0) is 13.3. The standard InChI is InChI=1S/C8H11ClN2O.H2O4S/c9-7-3-1-2-4-8(7)12-6-5-11-10;1-5(2,3)4/h1-4,11H,5-6,10H2;(H2,1,2,3,4)/p-2. The number of halogens is 1. The lowest BCUT2D eigenvalue weighted by molar-refractivity contribution is 0.315. The van der Waals surface area contributed by atoms with Crippen molar-refractivity contribution in [2.75, 3.05) is 13.2 Å². The monoisotopic (exact) mass is 282 g/mol. The molecule has 1 rings (SSSR count). The maximum atomic E-state index is 8.52. The van der Waals surface area contributed by atoms with E-state index in [0.717, 1.165) is 0 Å². The molecule has 0 atom stereocenters. The Balaban J connectivity index is 0.000000437. The van der Waals surface area contributed by atoms with Gasteiger partial charge in [0.2, 0.25) is 0 Å². The summed E-state index contributed by atoms with van der Waals surface area (Å²) in [7, 11) is -5.17. The van der Waals surface area contributed by atoms with Crippen LogP contribution in [0.25, 0.3) is 0 Å². The molecule has 0 saturated carbocycles. The molecule has 0 saturated heterocycles. The van der Waals surface area contributed by atoms with Crippen molar-refractivity contribution in [1.82, 2.24) is 5.43 Å². The minimum atomic E-state index is -5.17. The molecule has 0 radical (unpaired) electrons. The fourth-order valence-electron chi connectivity index (χ4n) is 0.782. The Labute approximate surface area is 104 Å². The molecule has 1 aromatic carbocycles. The molecule has 98 valence electrons. The number of nitrogens with two attached hydrogens (primary N) is 1. The molecular formula is C8H11ClN2O5S-2. The van der Waals surface area contributed by atoms with Gasteiger partial charge in [-0.15, -0.1) is 0 Å². The van der Waals surface area contributed by atoms with Crippen LogP contribution >= 0.6 is 11.6 Å². The van der Waals surface area contributed by atoms with Gasteiger partial charge >= 0.3 is 0 Å². The highest BCUT2D eigenvalue weighted by Crippen LogP contribution is 2.22. The van der Waals surface area contributed by atoms with E-state index in [-0.39, 0.29) is 0 Å². The number of para-hydroxylation sites is 1. The van der Waals surface area contributed by atoms with Crippen molar-refractivity contribution in [1.29, 1.82) is 0 Å². The maximum Gasteiger partial charge on any atom is 0.137 e. The summed E-state index contributed by atoms with van der Waals surface area (Å²) in [5.74, 6) is 5.76. The van der Waals surface area contributed by atoms with Gasteiger partial charge in [-0.25, -0.2) is 0 Å². The number of ether oxygens (including phenoxy) is 1. The normalized spacial score (nSPS) is 10.4. The van der Waals surface area contributed by atoms with Crippen molar-refractivity contribution >= 4 is 22.0 Å². The topological polar surface area (TPSA) is 128 Å². The Hall–Kier alpha value is -0.900. The molecule has 0 heterocycles. The summed E-state index contributed by atoms with van der Waals surface area (Å²) in [4.78, 5) is 0. The van der Waals surface area contributed by atoms with Crippen molar-refractivity contribution in [3.05, 3.63) is 29.3 Å². The van der Waals surface area contributed by atoms with Crippen molar-refractivity contribution < 1.29 is 22.3 Å². The number of rotatable bonds is 4. The van der Waals surface area contributed by atoms with Gasteiger partial charge in [0, 0.05) is 16.9 Å². The first-order valence-electron chi connectivity index (χ1n) is 4.32. The highest BCUT2D eigenvalue weighted by atomic mass is 35.5. The Morgan fingerprint density at radius 1 is 1.35 bits per heavy atom.